The number of para-hydroxylation sites is 1. The molecule has 31 heavy (non-hydrogen) atoms. The SMILES string of the molecule is CC(C)NS(=O)(=O)Cc1ccc(CNc2nc(-c3cccs3)nc3ccccc23)cc1. The Hall–Kier alpha value is -2.81. The lowest BCUT2D eigenvalue weighted by Gasteiger charge is -2.12. The van der Waals surface area contributed by atoms with Gasteiger partial charge in [-0.2, -0.15) is 0 Å². The zero-order valence-electron chi connectivity index (χ0n) is 17.4. The Kier molecular flexibility index (Phi) is 6.31. The Labute approximate surface area is 186 Å². The number of nitrogens with zero attached hydrogens (tertiary/aromatic N) is 2. The highest BCUT2D eigenvalue weighted by molar-refractivity contribution is 7.88. The Morgan fingerprint density at radius 1 is 0.935 bits per heavy atom. The molecule has 6 nitrogen and oxygen atoms in total. The maximum atomic E-state index is 12.1. The zero-order valence-corrected chi connectivity index (χ0v) is 19.0. The molecule has 0 unspecified atom stereocenters. The van der Waals surface area contributed by atoms with E-state index in [4.69, 9.17) is 9.97 Å². The molecule has 2 aromatic heterocycles. The lowest BCUT2D eigenvalue weighted by atomic mass is 10.1. The van der Waals surface area contributed by atoms with E-state index in [2.05, 4.69) is 10.0 Å². The third-order valence-corrected chi connectivity index (χ3v) is 7.01. The highest BCUT2D eigenvalue weighted by Gasteiger charge is 2.13. The molecule has 0 fully saturated rings. The summed E-state index contributed by atoms with van der Waals surface area (Å²) in [7, 11) is -3.33. The predicted molar refractivity (Wildman–Crippen MR) is 128 cm³/mol. The highest BCUT2D eigenvalue weighted by atomic mass is 32.2. The molecule has 2 aromatic carbocycles. The van der Waals surface area contributed by atoms with Gasteiger partial charge in [0.05, 0.1) is 16.1 Å². The van der Waals surface area contributed by atoms with E-state index in [1.165, 1.54) is 0 Å². The summed E-state index contributed by atoms with van der Waals surface area (Å²) in [5.41, 5.74) is 2.68. The number of sulfonamides is 1. The van der Waals surface area contributed by atoms with Crippen LogP contribution < -0.4 is 10.0 Å². The Bertz CT molecular complexity index is 1270. The van der Waals surface area contributed by atoms with Gasteiger partial charge in [0.2, 0.25) is 10.0 Å². The van der Waals surface area contributed by atoms with Crippen molar-refractivity contribution in [3.63, 3.8) is 0 Å². The van der Waals surface area contributed by atoms with Crippen molar-refractivity contribution in [2.75, 3.05) is 5.32 Å². The van der Waals surface area contributed by atoms with Crippen LogP contribution >= 0.6 is 11.3 Å². The van der Waals surface area contributed by atoms with E-state index in [-0.39, 0.29) is 11.8 Å². The molecule has 0 spiro atoms. The first-order valence-electron chi connectivity index (χ1n) is 10.0. The van der Waals surface area contributed by atoms with Gasteiger partial charge in [0.1, 0.15) is 5.82 Å². The van der Waals surface area contributed by atoms with Crippen molar-refractivity contribution in [1.82, 2.24) is 14.7 Å². The summed E-state index contributed by atoms with van der Waals surface area (Å²) in [4.78, 5) is 10.5. The van der Waals surface area contributed by atoms with Crippen molar-refractivity contribution in [3.8, 4) is 10.7 Å². The van der Waals surface area contributed by atoms with Crippen LogP contribution in [0.3, 0.4) is 0 Å². The summed E-state index contributed by atoms with van der Waals surface area (Å²) in [5.74, 6) is 1.45. The Balaban J connectivity index is 1.51. The number of hydrogen-bond donors (Lipinski definition) is 2. The van der Waals surface area contributed by atoms with E-state index >= 15 is 0 Å². The van der Waals surface area contributed by atoms with Crippen LogP contribution in [0.4, 0.5) is 5.82 Å². The fourth-order valence-electron chi connectivity index (χ4n) is 3.29. The predicted octanol–water partition coefficient (Wildman–Crippen LogP) is 4.80. The molecule has 4 aromatic rings. The van der Waals surface area contributed by atoms with Crippen molar-refractivity contribution < 1.29 is 8.42 Å². The first-order valence-corrected chi connectivity index (χ1v) is 12.6. The molecular formula is C23H24N4O2S2. The van der Waals surface area contributed by atoms with Gasteiger partial charge in [0.25, 0.3) is 0 Å². The number of hydrogen-bond acceptors (Lipinski definition) is 6. The van der Waals surface area contributed by atoms with Crippen LogP contribution in [0.25, 0.3) is 21.6 Å². The average molecular weight is 453 g/mol. The molecule has 2 N–H and O–H groups in total. The van der Waals surface area contributed by atoms with Gasteiger partial charge in [-0.05, 0) is 48.6 Å². The molecule has 0 bridgehead atoms. The summed E-state index contributed by atoms with van der Waals surface area (Å²) in [6, 6.07) is 19.4. The van der Waals surface area contributed by atoms with Crippen molar-refractivity contribution in [2.45, 2.75) is 32.2 Å². The van der Waals surface area contributed by atoms with E-state index in [1.807, 2.05) is 79.9 Å². The topological polar surface area (TPSA) is 84.0 Å². The van der Waals surface area contributed by atoms with Crippen LogP contribution in [-0.4, -0.2) is 24.4 Å². The van der Waals surface area contributed by atoms with Crippen molar-refractivity contribution in [3.05, 3.63) is 77.2 Å². The van der Waals surface area contributed by atoms with Gasteiger partial charge in [-0.1, -0.05) is 42.5 Å². The molecule has 0 aliphatic carbocycles. The van der Waals surface area contributed by atoms with Crippen LogP contribution in [0.5, 0.6) is 0 Å². The minimum atomic E-state index is -3.33. The highest BCUT2D eigenvalue weighted by Crippen LogP contribution is 2.27. The molecule has 2 heterocycles. The van der Waals surface area contributed by atoms with Crippen molar-refractivity contribution in [2.24, 2.45) is 0 Å². The maximum Gasteiger partial charge on any atom is 0.216 e. The van der Waals surface area contributed by atoms with Crippen molar-refractivity contribution in [1.29, 1.82) is 0 Å². The number of benzene rings is 2. The van der Waals surface area contributed by atoms with E-state index in [0.717, 1.165) is 32.7 Å². The molecule has 0 aliphatic heterocycles. The lowest BCUT2D eigenvalue weighted by molar-refractivity contribution is 0.569. The molecule has 0 atom stereocenters. The smallest absolute Gasteiger partial charge is 0.216 e. The summed E-state index contributed by atoms with van der Waals surface area (Å²) in [5, 5.41) is 6.40. The largest absolute Gasteiger partial charge is 0.365 e. The average Bonchev–Trinajstić information content (AvgIpc) is 3.26. The third-order valence-electron chi connectivity index (χ3n) is 4.60. The summed E-state index contributed by atoms with van der Waals surface area (Å²) in [6.07, 6.45) is 0. The molecule has 4 rings (SSSR count). The standard InChI is InChI=1S/C23H24N4O2S2/c1-16(2)27-31(28,29)15-18-11-9-17(10-12-18)14-24-22-19-6-3-4-7-20(19)25-23(26-22)21-8-5-13-30-21/h3-13,16,27H,14-15H2,1-2H3,(H,24,25,26). The quantitative estimate of drug-likeness (QED) is 0.401. The van der Waals surface area contributed by atoms with Gasteiger partial charge < -0.3 is 5.32 Å². The van der Waals surface area contributed by atoms with Crippen LogP contribution in [0, 0.1) is 0 Å². The second-order valence-corrected chi connectivity index (χ2v) is 10.3. The molecule has 0 saturated heterocycles. The fourth-order valence-corrected chi connectivity index (χ4v) is 5.38. The molecule has 160 valence electrons. The fraction of sp³-hybridized carbons (Fsp3) is 0.217. The van der Waals surface area contributed by atoms with Gasteiger partial charge in [-0.15, -0.1) is 11.3 Å². The van der Waals surface area contributed by atoms with Crippen LogP contribution in [-0.2, 0) is 22.3 Å². The molecule has 0 radical (unpaired) electrons. The molecule has 0 amide bonds. The number of nitrogens with one attached hydrogen (secondary N) is 2. The summed E-state index contributed by atoms with van der Waals surface area (Å²) >= 11 is 1.61. The van der Waals surface area contributed by atoms with Gasteiger partial charge in [-0.25, -0.2) is 23.1 Å². The first kappa shape index (κ1) is 21.4. The van der Waals surface area contributed by atoms with Gasteiger partial charge in [0.15, 0.2) is 5.82 Å². The number of fused-ring (bicyclic) bond motifs is 1. The first-order chi connectivity index (χ1) is 14.9. The van der Waals surface area contributed by atoms with E-state index in [9.17, 15) is 8.42 Å². The zero-order chi connectivity index (χ0) is 21.8. The Morgan fingerprint density at radius 2 is 1.68 bits per heavy atom. The number of rotatable bonds is 8. The molecular weight excluding hydrogens is 428 g/mol. The minimum Gasteiger partial charge on any atom is -0.365 e. The van der Waals surface area contributed by atoms with Gasteiger partial charge >= 0.3 is 0 Å². The molecule has 8 heteroatoms. The van der Waals surface area contributed by atoms with Crippen LogP contribution in [0.1, 0.15) is 25.0 Å². The number of aromatic nitrogens is 2. The van der Waals surface area contributed by atoms with Crippen molar-refractivity contribution >= 4 is 38.1 Å². The van der Waals surface area contributed by atoms with E-state index in [0.29, 0.717) is 12.4 Å². The Morgan fingerprint density at radius 3 is 2.39 bits per heavy atom. The second kappa shape index (κ2) is 9.13. The second-order valence-electron chi connectivity index (χ2n) is 7.59. The molecule has 0 saturated carbocycles. The van der Waals surface area contributed by atoms with Gasteiger partial charge in [0, 0.05) is 18.0 Å². The normalized spacial score (nSPS) is 11.8. The maximum absolute atomic E-state index is 12.1. The number of anilines is 1. The molecule has 0 aliphatic rings. The lowest BCUT2D eigenvalue weighted by Crippen LogP contribution is -2.31. The summed E-state index contributed by atoms with van der Waals surface area (Å²) < 4.78 is 26.9. The van der Waals surface area contributed by atoms with E-state index in [1.54, 1.807) is 11.3 Å². The van der Waals surface area contributed by atoms with Crippen LogP contribution in [0.2, 0.25) is 0 Å². The van der Waals surface area contributed by atoms with E-state index < -0.39 is 10.0 Å². The minimum absolute atomic E-state index is 0.0282. The monoisotopic (exact) mass is 452 g/mol. The van der Waals surface area contributed by atoms with Crippen LogP contribution in [0.15, 0.2) is 66.0 Å². The number of thiophene rings is 1. The van der Waals surface area contributed by atoms with Gasteiger partial charge in [-0.3, -0.25) is 0 Å². The summed E-state index contributed by atoms with van der Waals surface area (Å²) in [6.45, 7) is 4.20. The third kappa shape index (κ3) is 5.46.